The molecule has 1 amide bonds. The van der Waals surface area contributed by atoms with Crippen molar-refractivity contribution in [2.75, 3.05) is 38.5 Å². The molecule has 29 heavy (non-hydrogen) atoms. The molecule has 0 saturated carbocycles. The van der Waals surface area contributed by atoms with Crippen molar-refractivity contribution in [1.29, 1.82) is 0 Å². The number of allylic oxidation sites excluding steroid dienone is 4. The molecule has 1 aliphatic carbocycles. The highest BCUT2D eigenvalue weighted by atomic mass is 35.5. The average molecular weight is 477 g/mol. The molecule has 2 atom stereocenters. The van der Waals surface area contributed by atoms with Gasteiger partial charge in [-0.15, -0.1) is 11.8 Å². The standard InChI is InChI=1S/C19H26Cl2N4O2S2/c1-13(2-5-19(28)24-22)29-12-18(26)23-9-15-11-25(6-7-27-15)10-14-3-4-16(20)17(21)8-14/h2,4-5,8,14-15H,1,3,6-7,9-12,22H2,(H,23,26)(H,24,28)/b5-2-/t14?,15-/m0/s1. The summed E-state index contributed by atoms with van der Waals surface area (Å²) >= 11 is 18.4. The fourth-order valence-electron chi connectivity index (χ4n) is 2.94. The number of hydrazine groups is 1. The Morgan fingerprint density at radius 2 is 2.24 bits per heavy atom. The first-order valence-corrected chi connectivity index (χ1v) is 11.4. The molecule has 6 nitrogen and oxygen atoms in total. The number of rotatable bonds is 9. The summed E-state index contributed by atoms with van der Waals surface area (Å²) in [4.78, 5) is 15.6. The fraction of sp³-hybridized carbons (Fsp3) is 0.474. The van der Waals surface area contributed by atoms with Crippen LogP contribution in [-0.4, -0.2) is 60.4 Å². The van der Waals surface area contributed by atoms with Crippen LogP contribution in [0.15, 0.2) is 45.9 Å². The molecule has 0 aromatic carbocycles. The van der Waals surface area contributed by atoms with Crippen molar-refractivity contribution < 1.29 is 9.53 Å². The van der Waals surface area contributed by atoms with Crippen molar-refractivity contribution in [3.05, 3.63) is 45.9 Å². The number of nitrogens with one attached hydrogen (secondary N) is 2. The Labute approximate surface area is 191 Å². The van der Waals surface area contributed by atoms with Crippen LogP contribution in [0.1, 0.15) is 6.42 Å². The largest absolute Gasteiger partial charge is 0.374 e. The molecule has 1 aliphatic heterocycles. The number of thiocarbonyl (C=S) groups is 1. The summed E-state index contributed by atoms with van der Waals surface area (Å²) in [6, 6.07) is 0. The number of halogens is 2. The maximum absolute atomic E-state index is 12.1. The minimum absolute atomic E-state index is 0.0315. The van der Waals surface area contributed by atoms with Gasteiger partial charge in [0.25, 0.3) is 0 Å². The first-order chi connectivity index (χ1) is 13.9. The Morgan fingerprint density at radius 1 is 1.45 bits per heavy atom. The molecule has 10 heteroatoms. The van der Waals surface area contributed by atoms with Gasteiger partial charge in [-0.2, -0.15) is 0 Å². The summed E-state index contributed by atoms with van der Waals surface area (Å²) in [5.41, 5.74) is 2.35. The van der Waals surface area contributed by atoms with E-state index in [9.17, 15) is 4.79 Å². The quantitative estimate of drug-likeness (QED) is 0.155. The molecule has 0 spiro atoms. The molecule has 1 heterocycles. The molecule has 0 aromatic rings. The van der Waals surface area contributed by atoms with Gasteiger partial charge in [-0.05, 0) is 24.5 Å². The van der Waals surface area contributed by atoms with E-state index in [1.54, 1.807) is 12.2 Å². The monoisotopic (exact) mass is 476 g/mol. The zero-order valence-electron chi connectivity index (χ0n) is 16.0. The molecule has 0 aromatic heterocycles. The van der Waals surface area contributed by atoms with Gasteiger partial charge in [-0.1, -0.05) is 54.2 Å². The molecule has 1 unspecified atom stereocenters. The molecular weight excluding hydrogens is 451 g/mol. The van der Waals surface area contributed by atoms with Gasteiger partial charge >= 0.3 is 0 Å². The van der Waals surface area contributed by atoms with E-state index in [0.29, 0.717) is 34.1 Å². The number of amides is 1. The Balaban J connectivity index is 1.67. The van der Waals surface area contributed by atoms with E-state index in [4.69, 9.17) is 46.0 Å². The first kappa shape index (κ1) is 24.4. The highest BCUT2D eigenvalue weighted by Gasteiger charge is 2.24. The summed E-state index contributed by atoms with van der Waals surface area (Å²) in [5.74, 6) is 5.75. The minimum Gasteiger partial charge on any atom is -0.374 e. The van der Waals surface area contributed by atoms with Crippen molar-refractivity contribution in [3.63, 3.8) is 0 Å². The summed E-state index contributed by atoms with van der Waals surface area (Å²) < 4.78 is 5.79. The van der Waals surface area contributed by atoms with E-state index in [2.05, 4.69) is 22.2 Å². The topological polar surface area (TPSA) is 79.6 Å². The van der Waals surface area contributed by atoms with E-state index in [0.717, 1.165) is 31.0 Å². The number of nitrogens with two attached hydrogens (primary N) is 1. The zero-order valence-corrected chi connectivity index (χ0v) is 19.2. The highest BCUT2D eigenvalue weighted by Crippen LogP contribution is 2.29. The molecule has 1 fully saturated rings. The van der Waals surface area contributed by atoms with Crippen LogP contribution >= 0.6 is 47.2 Å². The second kappa shape index (κ2) is 12.7. The lowest BCUT2D eigenvalue weighted by molar-refractivity contribution is -0.119. The van der Waals surface area contributed by atoms with Crippen molar-refractivity contribution in [1.82, 2.24) is 15.6 Å². The third kappa shape index (κ3) is 9.21. The minimum atomic E-state index is -0.0634. The fourth-order valence-corrected chi connectivity index (χ4v) is 4.00. The molecule has 4 N–H and O–H groups in total. The lowest BCUT2D eigenvalue weighted by atomic mass is 9.99. The highest BCUT2D eigenvalue weighted by molar-refractivity contribution is 8.03. The van der Waals surface area contributed by atoms with Crippen LogP contribution in [0.25, 0.3) is 0 Å². The third-order valence-electron chi connectivity index (χ3n) is 4.40. The zero-order chi connectivity index (χ0) is 21.2. The molecule has 160 valence electrons. The summed E-state index contributed by atoms with van der Waals surface area (Å²) in [5, 5.41) is 4.17. The lowest BCUT2D eigenvalue weighted by Crippen LogP contribution is -2.48. The Morgan fingerprint density at radius 3 is 2.97 bits per heavy atom. The first-order valence-electron chi connectivity index (χ1n) is 9.21. The molecule has 1 saturated heterocycles. The normalized spacial score (nSPS) is 22.7. The SMILES string of the molecule is C=C(/C=C\C(=S)NN)SCC(=O)NC[C@H]1CN(CC2C=C(Cl)C(Cl)=CC2)CCO1. The molecule has 0 bridgehead atoms. The van der Waals surface area contributed by atoms with E-state index in [1.165, 1.54) is 11.8 Å². The molecule has 2 aliphatic rings. The maximum atomic E-state index is 12.1. The van der Waals surface area contributed by atoms with Gasteiger partial charge in [0.15, 0.2) is 0 Å². The van der Waals surface area contributed by atoms with Crippen LogP contribution in [0, 0.1) is 5.92 Å². The Hall–Kier alpha value is -0.870. The van der Waals surface area contributed by atoms with Gasteiger partial charge in [0.05, 0.1) is 28.5 Å². The van der Waals surface area contributed by atoms with Gasteiger partial charge in [-0.25, -0.2) is 5.84 Å². The smallest absolute Gasteiger partial charge is 0.230 e. The molecule has 2 rings (SSSR count). The van der Waals surface area contributed by atoms with Crippen LogP contribution in [0.3, 0.4) is 0 Å². The van der Waals surface area contributed by atoms with Gasteiger partial charge in [0, 0.05) is 31.1 Å². The van der Waals surface area contributed by atoms with Crippen LogP contribution in [0.5, 0.6) is 0 Å². The van der Waals surface area contributed by atoms with Gasteiger partial charge in [0.2, 0.25) is 5.91 Å². The molecular formula is C19H26Cl2N4O2S2. The second-order valence-corrected chi connectivity index (χ2v) is 9.07. The number of nitrogens with zero attached hydrogens (tertiary/aromatic N) is 1. The number of hydrogen-bond acceptors (Lipinski definition) is 6. The van der Waals surface area contributed by atoms with Crippen LogP contribution in [0.4, 0.5) is 0 Å². The Bertz CT molecular complexity index is 712. The van der Waals surface area contributed by atoms with Gasteiger partial charge in [-0.3, -0.25) is 9.69 Å². The molecule has 0 radical (unpaired) electrons. The van der Waals surface area contributed by atoms with E-state index >= 15 is 0 Å². The van der Waals surface area contributed by atoms with E-state index in [-0.39, 0.29) is 17.8 Å². The lowest BCUT2D eigenvalue weighted by Gasteiger charge is -2.35. The van der Waals surface area contributed by atoms with Crippen LogP contribution in [0.2, 0.25) is 0 Å². The summed E-state index contributed by atoms with van der Waals surface area (Å²) in [7, 11) is 0. The van der Waals surface area contributed by atoms with E-state index < -0.39 is 0 Å². The number of hydrogen-bond donors (Lipinski definition) is 3. The third-order valence-corrected chi connectivity index (χ3v) is 6.36. The number of morpholine rings is 1. The predicted molar refractivity (Wildman–Crippen MR) is 126 cm³/mol. The predicted octanol–water partition coefficient (Wildman–Crippen LogP) is 2.66. The van der Waals surface area contributed by atoms with Crippen LogP contribution < -0.4 is 16.6 Å². The van der Waals surface area contributed by atoms with Crippen molar-refractivity contribution in [2.45, 2.75) is 12.5 Å². The van der Waals surface area contributed by atoms with Crippen molar-refractivity contribution in [2.24, 2.45) is 11.8 Å². The number of ether oxygens (including phenoxy) is 1. The number of thioether (sulfide) groups is 1. The summed E-state index contributed by atoms with van der Waals surface area (Å²) in [6.45, 7) is 7.52. The van der Waals surface area contributed by atoms with Gasteiger partial charge in [0.1, 0.15) is 4.99 Å². The average Bonchev–Trinajstić information content (AvgIpc) is 2.71. The van der Waals surface area contributed by atoms with Crippen LogP contribution in [-0.2, 0) is 9.53 Å². The van der Waals surface area contributed by atoms with Crippen molar-refractivity contribution in [3.8, 4) is 0 Å². The number of carbonyl (C=O) groups is 1. The van der Waals surface area contributed by atoms with E-state index in [1.807, 2.05) is 12.2 Å². The Kier molecular flexibility index (Phi) is 10.7. The summed E-state index contributed by atoms with van der Waals surface area (Å²) in [6.07, 6.45) is 8.19. The second-order valence-electron chi connectivity index (χ2n) is 6.72. The maximum Gasteiger partial charge on any atom is 0.230 e. The van der Waals surface area contributed by atoms with Gasteiger partial charge < -0.3 is 15.5 Å². The number of carbonyl (C=O) groups excluding carboxylic acids is 1. The van der Waals surface area contributed by atoms with Crippen molar-refractivity contribution >= 4 is 58.1 Å².